The summed E-state index contributed by atoms with van der Waals surface area (Å²) in [5, 5.41) is 2.72. The van der Waals surface area contributed by atoms with Crippen molar-refractivity contribution in [3.8, 4) is 5.75 Å². The molecule has 0 saturated carbocycles. The molecule has 0 spiro atoms. The van der Waals surface area contributed by atoms with Crippen LogP contribution in [0.25, 0.3) is 0 Å². The molecule has 0 heterocycles. The molecular weight excluding hydrogens is 350 g/mol. The summed E-state index contributed by atoms with van der Waals surface area (Å²) in [6.45, 7) is 1.86. The van der Waals surface area contributed by atoms with Crippen LogP contribution in [-0.4, -0.2) is 14.3 Å². The lowest BCUT2D eigenvalue weighted by Crippen LogP contribution is -2.16. The highest BCUT2D eigenvalue weighted by atomic mass is 32.2. The lowest BCUT2D eigenvalue weighted by atomic mass is 10.2. The molecule has 0 aromatic heterocycles. The highest BCUT2D eigenvalue weighted by molar-refractivity contribution is 7.87. The second kappa shape index (κ2) is 7.41. The molecule has 3 aromatic rings. The van der Waals surface area contributed by atoms with Crippen LogP contribution in [0.1, 0.15) is 15.9 Å². The van der Waals surface area contributed by atoms with Gasteiger partial charge in [-0.1, -0.05) is 48.0 Å². The van der Waals surface area contributed by atoms with Crippen molar-refractivity contribution in [1.29, 1.82) is 0 Å². The van der Waals surface area contributed by atoms with Gasteiger partial charge in [0, 0.05) is 5.69 Å². The van der Waals surface area contributed by atoms with Gasteiger partial charge in [-0.15, -0.1) is 0 Å². The molecule has 0 radical (unpaired) electrons. The number of hydrogen-bond acceptors (Lipinski definition) is 4. The number of amides is 1. The van der Waals surface area contributed by atoms with Gasteiger partial charge >= 0.3 is 10.1 Å². The minimum Gasteiger partial charge on any atom is -0.378 e. The van der Waals surface area contributed by atoms with Crippen molar-refractivity contribution in [3.05, 3.63) is 90.0 Å². The Hall–Kier alpha value is -3.12. The Kier molecular flexibility index (Phi) is 5.04. The molecule has 5 nitrogen and oxygen atoms in total. The smallest absolute Gasteiger partial charge is 0.339 e. The number of para-hydroxylation sites is 2. The fourth-order valence-corrected chi connectivity index (χ4v) is 3.27. The Morgan fingerprint density at radius 2 is 1.46 bits per heavy atom. The normalized spacial score (nSPS) is 11.0. The van der Waals surface area contributed by atoms with Crippen LogP contribution in [0.15, 0.2) is 83.8 Å². The van der Waals surface area contributed by atoms with Crippen LogP contribution in [0.3, 0.4) is 0 Å². The van der Waals surface area contributed by atoms with E-state index in [-0.39, 0.29) is 16.2 Å². The quantitative estimate of drug-likeness (QED) is 0.692. The van der Waals surface area contributed by atoms with Gasteiger partial charge in [0.1, 0.15) is 4.90 Å². The second-order valence-electron chi connectivity index (χ2n) is 5.67. The van der Waals surface area contributed by atoms with Gasteiger partial charge in [-0.3, -0.25) is 4.79 Å². The first-order valence-electron chi connectivity index (χ1n) is 7.92. The Labute approximate surface area is 152 Å². The lowest BCUT2D eigenvalue weighted by molar-refractivity contribution is 0.102. The predicted octanol–water partition coefficient (Wildman–Crippen LogP) is 4.02. The van der Waals surface area contributed by atoms with E-state index in [0.29, 0.717) is 5.69 Å². The third kappa shape index (κ3) is 4.10. The van der Waals surface area contributed by atoms with Gasteiger partial charge in [0.25, 0.3) is 5.91 Å². The Morgan fingerprint density at radius 3 is 2.15 bits per heavy atom. The number of nitrogens with one attached hydrogen (secondary N) is 1. The zero-order chi connectivity index (χ0) is 18.6. The van der Waals surface area contributed by atoms with Crippen molar-refractivity contribution in [2.45, 2.75) is 11.8 Å². The van der Waals surface area contributed by atoms with Gasteiger partial charge in [-0.05, 0) is 43.3 Å². The fraction of sp³-hybridized carbons (Fsp3) is 0.0500. The van der Waals surface area contributed by atoms with Gasteiger partial charge in [0.05, 0.1) is 5.56 Å². The van der Waals surface area contributed by atoms with Gasteiger partial charge in [-0.2, -0.15) is 8.42 Å². The van der Waals surface area contributed by atoms with Gasteiger partial charge in [0.2, 0.25) is 0 Å². The summed E-state index contributed by atoms with van der Waals surface area (Å²) >= 11 is 0. The van der Waals surface area contributed by atoms with Crippen LogP contribution >= 0.6 is 0 Å². The minimum atomic E-state index is -4.04. The molecule has 1 amide bonds. The summed E-state index contributed by atoms with van der Waals surface area (Å²) in [6, 6.07) is 21.4. The van der Waals surface area contributed by atoms with Crippen molar-refractivity contribution in [2.24, 2.45) is 0 Å². The Morgan fingerprint density at radius 1 is 0.846 bits per heavy atom. The van der Waals surface area contributed by atoms with E-state index in [9.17, 15) is 13.2 Å². The summed E-state index contributed by atoms with van der Waals surface area (Å²) < 4.78 is 30.2. The number of hydrogen-bond donors (Lipinski definition) is 1. The predicted molar refractivity (Wildman–Crippen MR) is 99.8 cm³/mol. The third-order valence-corrected chi connectivity index (χ3v) is 4.92. The highest BCUT2D eigenvalue weighted by Crippen LogP contribution is 2.24. The average molecular weight is 367 g/mol. The van der Waals surface area contributed by atoms with Crippen LogP contribution in [0.2, 0.25) is 0 Å². The topological polar surface area (TPSA) is 72.5 Å². The van der Waals surface area contributed by atoms with E-state index in [1.54, 1.807) is 48.5 Å². The fourth-order valence-electron chi connectivity index (χ4n) is 2.32. The first-order chi connectivity index (χ1) is 12.5. The van der Waals surface area contributed by atoms with E-state index in [2.05, 4.69) is 5.32 Å². The van der Waals surface area contributed by atoms with E-state index < -0.39 is 16.0 Å². The number of benzene rings is 3. The standard InChI is InChI=1S/C20H17NO4S/c1-15-11-13-17(14-12-15)26(23,24)25-19-10-6-5-9-18(19)20(22)21-16-7-3-2-4-8-16/h2-14H,1H3,(H,21,22). The largest absolute Gasteiger partial charge is 0.378 e. The summed E-state index contributed by atoms with van der Waals surface area (Å²) in [5.74, 6) is -0.479. The molecule has 3 rings (SSSR count). The molecule has 3 aromatic carbocycles. The molecule has 0 aliphatic heterocycles. The van der Waals surface area contributed by atoms with Crippen molar-refractivity contribution in [1.82, 2.24) is 0 Å². The summed E-state index contributed by atoms with van der Waals surface area (Å²) in [4.78, 5) is 12.5. The Balaban J connectivity index is 1.87. The maximum Gasteiger partial charge on any atom is 0.339 e. The van der Waals surface area contributed by atoms with Gasteiger partial charge in [-0.25, -0.2) is 0 Å². The first kappa shape index (κ1) is 17.7. The van der Waals surface area contributed by atoms with Crippen LogP contribution < -0.4 is 9.50 Å². The molecule has 0 fully saturated rings. The molecule has 1 N–H and O–H groups in total. The van der Waals surface area contributed by atoms with Crippen molar-refractivity contribution in [3.63, 3.8) is 0 Å². The average Bonchev–Trinajstić information content (AvgIpc) is 2.63. The van der Waals surface area contributed by atoms with E-state index in [1.165, 1.54) is 24.3 Å². The molecule has 132 valence electrons. The molecule has 0 unspecified atom stereocenters. The summed E-state index contributed by atoms with van der Waals surface area (Å²) in [6.07, 6.45) is 0. The van der Waals surface area contributed by atoms with Crippen LogP contribution in [-0.2, 0) is 10.1 Å². The molecule has 0 aliphatic rings. The van der Waals surface area contributed by atoms with Crippen molar-refractivity contribution in [2.75, 3.05) is 5.32 Å². The van der Waals surface area contributed by atoms with Gasteiger partial charge in [0.15, 0.2) is 5.75 Å². The Bertz CT molecular complexity index is 1010. The monoisotopic (exact) mass is 367 g/mol. The highest BCUT2D eigenvalue weighted by Gasteiger charge is 2.20. The van der Waals surface area contributed by atoms with Gasteiger partial charge < -0.3 is 9.50 Å². The first-order valence-corrected chi connectivity index (χ1v) is 9.33. The molecular formula is C20H17NO4S. The second-order valence-corrected chi connectivity index (χ2v) is 7.21. The minimum absolute atomic E-state index is 0.0264. The van der Waals surface area contributed by atoms with Crippen LogP contribution in [0.5, 0.6) is 5.75 Å². The number of carbonyl (C=O) groups is 1. The van der Waals surface area contributed by atoms with Crippen LogP contribution in [0.4, 0.5) is 5.69 Å². The lowest BCUT2D eigenvalue weighted by Gasteiger charge is -2.12. The number of aryl methyl sites for hydroxylation is 1. The number of rotatable bonds is 5. The van der Waals surface area contributed by atoms with Crippen molar-refractivity contribution >= 4 is 21.7 Å². The molecule has 0 bridgehead atoms. The zero-order valence-corrected chi connectivity index (χ0v) is 14.9. The molecule has 0 atom stereocenters. The number of anilines is 1. The maximum absolute atomic E-state index is 12.5. The summed E-state index contributed by atoms with van der Waals surface area (Å²) in [7, 11) is -4.04. The summed E-state index contributed by atoms with van der Waals surface area (Å²) in [5.41, 5.74) is 1.67. The van der Waals surface area contributed by atoms with Crippen molar-refractivity contribution < 1.29 is 17.4 Å². The van der Waals surface area contributed by atoms with E-state index in [1.807, 2.05) is 13.0 Å². The number of carbonyl (C=O) groups excluding carboxylic acids is 1. The molecule has 0 saturated heterocycles. The zero-order valence-electron chi connectivity index (χ0n) is 14.0. The SMILES string of the molecule is Cc1ccc(S(=O)(=O)Oc2ccccc2C(=O)Nc2ccccc2)cc1. The molecule has 0 aliphatic carbocycles. The maximum atomic E-state index is 12.5. The molecule has 6 heteroatoms. The van der Waals surface area contributed by atoms with E-state index >= 15 is 0 Å². The van der Waals surface area contributed by atoms with E-state index in [0.717, 1.165) is 5.56 Å². The van der Waals surface area contributed by atoms with Crippen LogP contribution in [0, 0.1) is 6.92 Å². The molecule has 26 heavy (non-hydrogen) atoms. The van der Waals surface area contributed by atoms with E-state index in [4.69, 9.17) is 4.18 Å². The third-order valence-electron chi connectivity index (χ3n) is 3.67.